The summed E-state index contributed by atoms with van der Waals surface area (Å²) in [6.07, 6.45) is 7.82. The Labute approximate surface area is 158 Å². The third-order valence-corrected chi connectivity index (χ3v) is 6.70. The minimum absolute atomic E-state index is 0.0476. The molecule has 3 nitrogen and oxygen atoms in total. The van der Waals surface area contributed by atoms with Crippen molar-refractivity contribution in [2.75, 3.05) is 0 Å². The van der Waals surface area contributed by atoms with Crippen LogP contribution in [0.25, 0.3) is 11.3 Å². The zero-order valence-corrected chi connectivity index (χ0v) is 15.6. The number of fused-ring (bicyclic) bond motifs is 1. The lowest BCUT2D eigenvalue weighted by Crippen LogP contribution is -2.22. The lowest BCUT2D eigenvalue weighted by atomic mass is 9.86. The standard InChI is InChI=1S/C22H22N2OS/c23-14-18-16-10-4-5-11-17(16)21(15-8-2-1-3-9-15)24-22(18)26-20-13-7-6-12-19(20)25/h1-3,8-9,20H,4-7,10-13H2/t20-/m0/s1. The quantitative estimate of drug-likeness (QED) is 0.762. The van der Waals surface area contributed by atoms with Gasteiger partial charge >= 0.3 is 0 Å². The topological polar surface area (TPSA) is 53.8 Å². The van der Waals surface area contributed by atoms with E-state index in [4.69, 9.17) is 4.98 Å². The van der Waals surface area contributed by atoms with Crippen LogP contribution < -0.4 is 0 Å². The first-order valence-electron chi connectivity index (χ1n) is 9.48. The SMILES string of the molecule is N#Cc1c(S[C@H]2CCCCC2=O)nc(-c2ccccc2)c2c1CCCC2. The van der Waals surface area contributed by atoms with Crippen molar-refractivity contribution in [2.24, 2.45) is 0 Å². The molecule has 1 aromatic heterocycles. The number of carbonyl (C=O) groups is 1. The summed E-state index contributed by atoms with van der Waals surface area (Å²) in [4.78, 5) is 17.3. The Morgan fingerprint density at radius 3 is 2.46 bits per heavy atom. The van der Waals surface area contributed by atoms with E-state index in [2.05, 4.69) is 18.2 Å². The van der Waals surface area contributed by atoms with Crippen molar-refractivity contribution in [1.82, 2.24) is 4.98 Å². The number of aromatic nitrogens is 1. The number of benzene rings is 1. The van der Waals surface area contributed by atoms with Crippen LogP contribution in [-0.4, -0.2) is 16.0 Å². The van der Waals surface area contributed by atoms with Gasteiger partial charge in [0.25, 0.3) is 0 Å². The maximum atomic E-state index is 12.3. The third-order valence-electron chi connectivity index (χ3n) is 5.39. The normalized spacial score (nSPS) is 19.7. The van der Waals surface area contributed by atoms with E-state index < -0.39 is 0 Å². The molecule has 1 saturated carbocycles. The molecule has 0 bridgehead atoms. The molecule has 0 amide bonds. The fourth-order valence-corrected chi connectivity index (χ4v) is 5.28. The Hall–Kier alpha value is -2.12. The van der Waals surface area contributed by atoms with E-state index in [0.717, 1.165) is 61.2 Å². The van der Waals surface area contributed by atoms with Crippen LogP contribution in [0.1, 0.15) is 55.2 Å². The van der Waals surface area contributed by atoms with Crippen LogP contribution in [0.2, 0.25) is 0 Å². The fraction of sp³-hybridized carbons (Fsp3) is 0.409. The van der Waals surface area contributed by atoms with Gasteiger partial charge in [0.05, 0.1) is 16.5 Å². The molecule has 0 unspecified atom stereocenters. The fourth-order valence-electron chi connectivity index (χ4n) is 4.04. The second-order valence-corrected chi connectivity index (χ2v) is 8.29. The lowest BCUT2D eigenvalue weighted by Gasteiger charge is -2.24. The Morgan fingerprint density at radius 1 is 1.00 bits per heavy atom. The van der Waals surface area contributed by atoms with E-state index in [1.807, 2.05) is 18.2 Å². The first-order valence-corrected chi connectivity index (χ1v) is 10.4. The number of nitriles is 1. The van der Waals surface area contributed by atoms with Gasteiger partial charge in [0.1, 0.15) is 16.9 Å². The average Bonchev–Trinajstić information content (AvgIpc) is 2.70. The molecule has 0 aliphatic heterocycles. The molecule has 26 heavy (non-hydrogen) atoms. The van der Waals surface area contributed by atoms with E-state index >= 15 is 0 Å². The first kappa shape index (κ1) is 17.3. The largest absolute Gasteiger partial charge is 0.298 e. The monoisotopic (exact) mass is 362 g/mol. The van der Waals surface area contributed by atoms with Crippen molar-refractivity contribution in [3.63, 3.8) is 0 Å². The number of hydrogen-bond donors (Lipinski definition) is 0. The van der Waals surface area contributed by atoms with Crippen LogP contribution >= 0.6 is 11.8 Å². The number of pyridine rings is 1. The minimum atomic E-state index is -0.0476. The predicted octanol–water partition coefficient (Wildman–Crippen LogP) is 5.10. The Morgan fingerprint density at radius 2 is 1.73 bits per heavy atom. The van der Waals surface area contributed by atoms with E-state index in [9.17, 15) is 10.1 Å². The molecular weight excluding hydrogens is 340 g/mol. The van der Waals surface area contributed by atoms with Gasteiger partial charge in [-0.3, -0.25) is 4.79 Å². The second-order valence-electron chi connectivity index (χ2n) is 7.10. The highest BCUT2D eigenvalue weighted by molar-refractivity contribution is 8.00. The van der Waals surface area contributed by atoms with Crippen molar-refractivity contribution in [2.45, 2.75) is 61.6 Å². The molecule has 0 saturated heterocycles. The summed E-state index contributed by atoms with van der Waals surface area (Å²) in [6.45, 7) is 0. The number of ketones is 1. The van der Waals surface area contributed by atoms with Crippen LogP contribution in [-0.2, 0) is 17.6 Å². The van der Waals surface area contributed by atoms with Crippen LogP contribution in [0, 0.1) is 11.3 Å². The molecule has 2 aliphatic rings. The summed E-state index contributed by atoms with van der Waals surface area (Å²) >= 11 is 1.52. The lowest BCUT2D eigenvalue weighted by molar-refractivity contribution is -0.119. The molecule has 1 aromatic carbocycles. The highest BCUT2D eigenvalue weighted by Crippen LogP contribution is 2.39. The molecule has 4 heteroatoms. The molecule has 2 aliphatic carbocycles. The van der Waals surface area contributed by atoms with Gasteiger partial charge in [-0.1, -0.05) is 48.5 Å². The minimum Gasteiger partial charge on any atom is -0.298 e. The van der Waals surface area contributed by atoms with E-state index in [1.165, 1.54) is 22.9 Å². The van der Waals surface area contributed by atoms with Gasteiger partial charge in [-0.2, -0.15) is 5.26 Å². The van der Waals surface area contributed by atoms with Crippen LogP contribution in [0.4, 0.5) is 0 Å². The molecule has 2 aromatic rings. The highest BCUT2D eigenvalue weighted by atomic mass is 32.2. The number of nitrogens with zero attached hydrogens (tertiary/aromatic N) is 2. The van der Waals surface area contributed by atoms with Gasteiger partial charge in [0.2, 0.25) is 0 Å². The van der Waals surface area contributed by atoms with Crippen molar-refractivity contribution in [1.29, 1.82) is 5.26 Å². The maximum Gasteiger partial charge on any atom is 0.146 e. The van der Waals surface area contributed by atoms with Crippen molar-refractivity contribution < 1.29 is 4.79 Å². The number of hydrogen-bond acceptors (Lipinski definition) is 4. The van der Waals surface area contributed by atoms with Gasteiger partial charge in [-0.05, 0) is 49.7 Å². The molecule has 1 heterocycles. The number of rotatable bonds is 3. The van der Waals surface area contributed by atoms with Crippen LogP contribution in [0.15, 0.2) is 35.4 Å². The molecule has 132 valence electrons. The Kier molecular flexibility index (Phi) is 5.08. The number of thioether (sulfide) groups is 1. The smallest absolute Gasteiger partial charge is 0.146 e. The second kappa shape index (κ2) is 7.63. The zero-order chi connectivity index (χ0) is 17.9. The van der Waals surface area contributed by atoms with Gasteiger partial charge in [-0.15, -0.1) is 0 Å². The molecule has 1 fully saturated rings. The van der Waals surface area contributed by atoms with E-state index in [-0.39, 0.29) is 5.25 Å². The molecule has 0 radical (unpaired) electrons. The number of Topliss-reactive ketones (excluding diaryl/α,β-unsaturated/α-hetero) is 1. The van der Waals surface area contributed by atoms with Crippen LogP contribution in [0.5, 0.6) is 0 Å². The summed E-state index contributed by atoms with van der Waals surface area (Å²) in [5, 5.41) is 10.6. The first-order chi connectivity index (χ1) is 12.8. The molecule has 1 atom stereocenters. The Bertz CT molecular complexity index is 870. The van der Waals surface area contributed by atoms with Crippen molar-refractivity contribution >= 4 is 17.5 Å². The summed E-state index contributed by atoms with van der Waals surface area (Å²) in [5.74, 6) is 0.311. The van der Waals surface area contributed by atoms with E-state index in [1.54, 1.807) is 0 Å². The zero-order valence-electron chi connectivity index (χ0n) is 14.8. The van der Waals surface area contributed by atoms with Crippen LogP contribution in [0.3, 0.4) is 0 Å². The van der Waals surface area contributed by atoms with E-state index in [0.29, 0.717) is 17.8 Å². The summed E-state index contributed by atoms with van der Waals surface area (Å²) in [7, 11) is 0. The maximum absolute atomic E-state index is 12.3. The third kappa shape index (κ3) is 3.29. The summed E-state index contributed by atoms with van der Waals surface area (Å²) in [5.41, 5.74) is 5.22. The van der Waals surface area contributed by atoms with Gasteiger partial charge < -0.3 is 0 Å². The Balaban J connectivity index is 1.82. The van der Waals surface area contributed by atoms with Gasteiger partial charge in [0, 0.05) is 12.0 Å². The molecule has 4 rings (SSSR count). The highest BCUT2D eigenvalue weighted by Gasteiger charge is 2.28. The van der Waals surface area contributed by atoms with Crippen molar-refractivity contribution in [3.05, 3.63) is 47.0 Å². The predicted molar refractivity (Wildman–Crippen MR) is 104 cm³/mol. The average molecular weight is 362 g/mol. The molecule has 0 spiro atoms. The molecule has 0 N–H and O–H groups in total. The summed E-state index contributed by atoms with van der Waals surface area (Å²) in [6, 6.07) is 12.7. The van der Waals surface area contributed by atoms with Gasteiger partial charge in [0.15, 0.2) is 0 Å². The van der Waals surface area contributed by atoms with Gasteiger partial charge in [-0.25, -0.2) is 4.98 Å². The summed E-state index contributed by atoms with van der Waals surface area (Å²) < 4.78 is 0. The molecular formula is C22H22N2OS. The van der Waals surface area contributed by atoms with Crippen molar-refractivity contribution in [3.8, 4) is 17.3 Å². The number of carbonyl (C=O) groups excluding carboxylic acids is 1.